The molecule has 1 N–H and O–H groups in total. The van der Waals surface area contributed by atoms with Crippen LogP contribution in [0.5, 0.6) is 0 Å². The minimum atomic E-state index is -0.423. The van der Waals surface area contributed by atoms with E-state index in [-0.39, 0.29) is 29.8 Å². The van der Waals surface area contributed by atoms with Crippen LogP contribution in [-0.4, -0.2) is 67.4 Å². The van der Waals surface area contributed by atoms with Gasteiger partial charge in [0.25, 0.3) is 0 Å². The fourth-order valence-corrected chi connectivity index (χ4v) is 3.56. The van der Waals surface area contributed by atoms with Crippen LogP contribution in [0.3, 0.4) is 0 Å². The van der Waals surface area contributed by atoms with Gasteiger partial charge >= 0.3 is 0 Å². The Morgan fingerprint density at radius 2 is 2.00 bits per heavy atom. The quantitative estimate of drug-likeness (QED) is 0.563. The molecule has 138 valence electrons. The van der Waals surface area contributed by atoms with Crippen LogP contribution in [-0.2, 0) is 19.1 Å². The van der Waals surface area contributed by atoms with Crippen LogP contribution in [0.15, 0.2) is 23.5 Å². The number of hydrogen-bond acceptors (Lipinski definition) is 5. The molecule has 1 aliphatic heterocycles. The van der Waals surface area contributed by atoms with E-state index in [9.17, 15) is 14.4 Å². The van der Waals surface area contributed by atoms with E-state index in [0.717, 1.165) is 17.7 Å². The summed E-state index contributed by atoms with van der Waals surface area (Å²) in [5, 5.41) is 2.39. The molecule has 1 aliphatic carbocycles. The van der Waals surface area contributed by atoms with Crippen LogP contribution in [0, 0.1) is 5.92 Å². The maximum atomic E-state index is 12.2. The van der Waals surface area contributed by atoms with Gasteiger partial charge < -0.3 is 9.64 Å². The Morgan fingerprint density at radius 1 is 1.32 bits per heavy atom. The van der Waals surface area contributed by atoms with E-state index < -0.39 is 6.04 Å². The lowest BCUT2D eigenvalue weighted by Crippen LogP contribution is -2.59. The molecular weight excluding hydrogens is 322 g/mol. The zero-order valence-electron chi connectivity index (χ0n) is 15.5. The summed E-state index contributed by atoms with van der Waals surface area (Å²) in [7, 11) is 5.15. The highest BCUT2D eigenvalue weighted by Crippen LogP contribution is 2.31. The van der Waals surface area contributed by atoms with Crippen molar-refractivity contribution >= 4 is 18.2 Å². The summed E-state index contributed by atoms with van der Waals surface area (Å²) in [5.74, 6) is 0.444. The maximum absolute atomic E-state index is 12.2. The van der Waals surface area contributed by atoms with Crippen molar-refractivity contribution in [3.05, 3.63) is 23.5 Å². The van der Waals surface area contributed by atoms with Gasteiger partial charge in [-0.25, -0.2) is 0 Å². The number of rotatable bonds is 6. The lowest BCUT2D eigenvalue weighted by atomic mass is 9.87. The molecule has 1 saturated heterocycles. The molecule has 7 heteroatoms. The molecule has 0 radical (unpaired) electrons. The van der Waals surface area contributed by atoms with Crippen molar-refractivity contribution in [2.24, 2.45) is 5.92 Å². The van der Waals surface area contributed by atoms with Gasteiger partial charge in [-0.15, -0.1) is 0 Å². The number of likely N-dealkylation sites (N-methyl/N-ethyl adjacent to an activating group) is 2. The van der Waals surface area contributed by atoms with Crippen molar-refractivity contribution in [2.75, 3.05) is 21.2 Å². The van der Waals surface area contributed by atoms with Gasteiger partial charge in [-0.1, -0.05) is 26.0 Å². The van der Waals surface area contributed by atoms with Gasteiger partial charge in [0.15, 0.2) is 0 Å². The second kappa shape index (κ2) is 7.82. The topological polar surface area (TPSA) is 79.0 Å². The summed E-state index contributed by atoms with van der Waals surface area (Å²) in [4.78, 5) is 38.6. The first kappa shape index (κ1) is 19.2. The van der Waals surface area contributed by atoms with Crippen molar-refractivity contribution in [1.29, 1.82) is 0 Å². The molecule has 3 unspecified atom stereocenters. The number of methoxy groups -OCH3 is 1. The lowest BCUT2D eigenvalue weighted by molar-refractivity contribution is -0.137. The number of ether oxygens (including phenoxy) is 1. The molecule has 2 aliphatic rings. The third kappa shape index (κ3) is 3.76. The average molecular weight is 349 g/mol. The Bertz CT molecular complexity index is 611. The molecule has 7 nitrogen and oxygen atoms in total. The Balaban J connectivity index is 2.36. The predicted octanol–water partition coefficient (Wildman–Crippen LogP) is 0.675. The molecule has 0 spiro atoms. The van der Waals surface area contributed by atoms with Crippen LogP contribution >= 0.6 is 0 Å². The standard InChI is InChI=1S/C18H27N3O4/c1-11(2)12-6-7-13(16(17(12)25-5)20(3)10-22)21(4)14-8-9-15(23)19-18(14)24/h6-7,10-11,13-14,16H,8-9H2,1-5H3,(H,19,23,24). The van der Waals surface area contributed by atoms with Crippen molar-refractivity contribution in [3.8, 4) is 0 Å². The first-order chi connectivity index (χ1) is 11.8. The summed E-state index contributed by atoms with van der Waals surface area (Å²) >= 11 is 0. The zero-order chi connectivity index (χ0) is 18.7. The number of nitrogens with one attached hydrogen (secondary N) is 1. The number of hydrogen-bond donors (Lipinski definition) is 1. The minimum Gasteiger partial charge on any atom is -0.499 e. The Labute approximate surface area is 148 Å². The normalized spacial score (nSPS) is 26.9. The number of piperidine rings is 1. The summed E-state index contributed by atoms with van der Waals surface area (Å²) in [6.07, 6.45) is 5.56. The van der Waals surface area contributed by atoms with E-state index in [1.807, 2.05) is 24.1 Å². The monoisotopic (exact) mass is 349 g/mol. The van der Waals surface area contributed by atoms with E-state index in [1.54, 1.807) is 19.1 Å². The van der Waals surface area contributed by atoms with Crippen LogP contribution < -0.4 is 5.32 Å². The van der Waals surface area contributed by atoms with E-state index in [4.69, 9.17) is 4.74 Å². The van der Waals surface area contributed by atoms with Crippen molar-refractivity contribution in [1.82, 2.24) is 15.1 Å². The summed E-state index contributed by atoms with van der Waals surface area (Å²) < 4.78 is 5.66. The first-order valence-corrected chi connectivity index (χ1v) is 8.50. The smallest absolute Gasteiger partial charge is 0.243 e. The van der Waals surface area contributed by atoms with E-state index in [2.05, 4.69) is 19.2 Å². The van der Waals surface area contributed by atoms with E-state index in [1.165, 1.54) is 0 Å². The number of amides is 3. The van der Waals surface area contributed by atoms with Crippen LogP contribution in [0.25, 0.3) is 0 Å². The molecule has 1 fully saturated rings. The molecule has 0 bridgehead atoms. The van der Waals surface area contributed by atoms with Crippen LogP contribution in [0.4, 0.5) is 0 Å². The number of carbonyl (C=O) groups excluding carboxylic acids is 3. The van der Waals surface area contributed by atoms with Crippen LogP contribution in [0.1, 0.15) is 26.7 Å². The highest BCUT2D eigenvalue weighted by Gasteiger charge is 2.40. The molecule has 1 heterocycles. The van der Waals surface area contributed by atoms with Gasteiger partial charge in [0.2, 0.25) is 18.2 Å². The molecule has 25 heavy (non-hydrogen) atoms. The van der Waals surface area contributed by atoms with Gasteiger partial charge in [0, 0.05) is 13.5 Å². The third-order valence-corrected chi connectivity index (χ3v) is 4.97. The minimum absolute atomic E-state index is 0.225. The predicted molar refractivity (Wildman–Crippen MR) is 93.4 cm³/mol. The highest BCUT2D eigenvalue weighted by molar-refractivity contribution is 6.00. The third-order valence-electron chi connectivity index (χ3n) is 4.97. The maximum Gasteiger partial charge on any atom is 0.243 e. The van der Waals surface area contributed by atoms with Crippen molar-refractivity contribution < 1.29 is 19.1 Å². The van der Waals surface area contributed by atoms with Gasteiger partial charge in [-0.3, -0.25) is 24.6 Å². The Hall–Kier alpha value is -2.15. The van der Waals surface area contributed by atoms with E-state index >= 15 is 0 Å². The first-order valence-electron chi connectivity index (χ1n) is 8.50. The largest absolute Gasteiger partial charge is 0.499 e. The number of nitrogens with zero attached hydrogens (tertiary/aromatic N) is 2. The second-order valence-electron chi connectivity index (χ2n) is 6.88. The molecule has 0 aromatic rings. The fraction of sp³-hybridized carbons (Fsp3) is 0.611. The molecule has 0 aromatic carbocycles. The molecule has 3 atom stereocenters. The summed E-state index contributed by atoms with van der Waals surface area (Å²) in [5.41, 5.74) is 1.04. The molecule has 0 saturated carbocycles. The molecule has 2 rings (SSSR count). The number of imide groups is 1. The van der Waals surface area contributed by atoms with Gasteiger partial charge in [0.05, 0.1) is 19.2 Å². The van der Waals surface area contributed by atoms with Crippen molar-refractivity contribution in [3.63, 3.8) is 0 Å². The number of allylic oxidation sites excluding steroid dienone is 2. The molecule has 0 aromatic heterocycles. The van der Waals surface area contributed by atoms with E-state index in [0.29, 0.717) is 12.8 Å². The van der Waals surface area contributed by atoms with Gasteiger partial charge in [-0.05, 0) is 25.0 Å². The summed E-state index contributed by atoms with van der Waals surface area (Å²) in [6, 6.07) is -0.981. The molecule has 3 amide bonds. The Morgan fingerprint density at radius 3 is 2.52 bits per heavy atom. The fourth-order valence-electron chi connectivity index (χ4n) is 3.56. The second-order valence-corrected chi connectivity index (χ2v) is 6.88. The lowest BCUT2D eigenvalue weighted by Gasteiger charge is -2.43. The average Bonchev–Trinajstić information content (AvgIpc) is 2.58. The summed E-state index contributed by atoms with van der Waals surface area (Å²) in [6.45, 7) is 4.14. The molecular formula is C18H27N3O4. The van der Waals surface area contributed by atoms with Gasteiger partial charge in [-0.2, -0.15) is 0 Å². The van der Waals surface area contributed by atoms with Gasteiger partial charge in [0.1, 0.15) is 11.8 Å². The van der Waals surface area contributed by atoms with Crippen LogP contribution in [0.2, 0.25) is 0 Å². The highest BCUT2D eigenvalue weighted by atomic mass is 16.5. The van der Waals surface area contributed by atoms with Crippen molar-refractivity contribution in [2.45, 2.75) is 44.8 Å². The number of carbonyl (C=O) groups is 3. The Kier molecular flexibility index (Phi) is 6.00. The zero-order valence-corrected chi connectivity index (χ0v) is 15.5. The SMILES string of the molecule is COC1=C(C(C)C)C=CC(N(C)C2CCC(=O)NC2=O)C1N(C)C=O.